The van der Waals surface area contributed by atoms with Crippen LogP contribution < -0.4 is 10.1 Å². The van der Waals surface area contributed by atoms with Crippen molar-refractivity contribution in [3.8, 4) is 5.75 Å². The van der Waals surface area contributed by atoms with Crippen LogP contribution in [0.5, 0.6) is 5.75 Å². The number of alkyl halides is 2. The summed E-state index contributed by atoms with van der Waals surface area (Å²) in [6.45, 7) is -1.76. The van der Waals surface area contributed by atoms with Crippen LogP contribution in [-0.2, 0) is 0 Å². The Hall–Kier alpha value is -1.16. The van der Waals surface area contributed by atoms with Gasteiger partial charge < -0.3 is 10.1 Å². The predicted octanol–water partition coefficient (Wildman–Crippen LogP) is 2.71. The molecule has 0 radical (unpaired) electrons. The van der Waals surface area contributed by atoms with Gasteiger partial charge in [-0.05, 0) is 37.1 Å². The van der Waals surface area contributed by atoms with Crippen LogP contribution in [0, 0.1) is 0 Å². The monoisotopic (exact) mass is 213 g/mol. The maximum atomic E-state index is 12.0. The Kier molecular flexibility index (Phi) is 3.16. The number of nitrogens with one attached hydrogen (secondary N) is 1. The summed E-state index contributed by atoms with van der Waals surface area (Å²) in [5.74, 6) is 0.233. The molecule has 2 rings (SSSR count). The van der Waals surface area contributed by atoms with E-state index < -0.39 is 6.61 Å². The molecule has 0 bridgehead atoms. The number of hydrogen-bond acceptors (Lipinski definition) is 2. The van der Waals surface area contributed by atoms with E-state index in [9.17, 15) is 8.78 Å². The van der Waals surface area contributed by atoms with E-state index in [1.807, 2.05) is 6.07 Å². The molecular formula is C11H13F2NO. The fraction of sp³-hybridized carbons (Fsp3) is 0.455. The van der Waals surface area contributed by atoms with Crippen molar-refractivity contribution in [2.75, 3.05) is 6.54 Å². The van der Waals surface area contributed by atoms with Gasteiger partial charge in [0.05, 0.1) is 0 Å². The first-order chi connectivity index (χ1) is 7.25. The summed E-state index contributed by atoms with van der Waals surface area (Å²) < 4.78 is 28.3. The van der Waals surface area contributed by atoms with Crippen LogP contribution in [0.15, 0.2) is 24.3 Å². The minimum absolute atomic E-state index is 0.233. The third-order valence-electron chi connectivity index (χ3n) is 2.55. The number of benzene rings is 1. The van der Waals surface area contributed by atoms with Crippen LogP contribution in [0.2, 0.25) is 0 Å². The van der Waals surface area contributed by atoms with Crippen molar-refractivity contribution in [2.45, 2.75) is 25.5 Å². The molecule has 1 saturated heterocycles. The van der Waals surface area contributed by atoms with Crippen LogP contribution in [0.25, 0.3) is 0 Å². The molecule has 0 saturated carbocycles. The Morgan fingerprint density at radius 3 is 2.93 bits per heavy atom. The summed E-state index contributed by atoms with van der Waals surface area (Å²) in [7, 11) is 0. The Morgan fingerprint density at radius 1 is 1.40 bits per heavy atom. The first-order valence-electron chi connectivity index (χ1n) is 5.04. The predicted molar refractivity (Wildman–Crippen MR) is 53.1 cm³/mol. The normalized spacial score (nSPS) is 20.9. The summed E-state index contributed by atoms with van der Waals surface area (Å²) in [6, 6.07) is 7.18. The molecule has 0 aromatic heterocycles. The Morgan fingerprint density at radius 2 is 2.27 bits per heavy atom. The zero-order valence-electron chi connectivity index (χ0n) is 8.25. The lowest BCUT2D eigenvalue weighted by Gasteiger charge is -2.12. The highest BCUT2D eigenvalue weighted by Crippen LogP contribution is 2.26. The SMILES string of the molecule is FC(F)Oc1cccc([C@@H]2CCCN2)c1. The topological polar surface area (TPSA) is 21.3 Å². The van der Waals surface area contributed by atoms with Gasteiger partial charge in [0.2, 0.25) is 0 Å². The molecule has 15 heavy (non-hydrogen) atoms. The number of hydrogen-bond donors (Lipinski definition) is 1. The molecule has 82 valence electrons. The molecule has 4 heteroatoms. The lowest BCUT2D eigenvalue weighted by Crippen LogP contribution is -2.13. The third kappa shape index (κ3) is 2.65. The maximum absolute atomic E-state index is 12.0. The molecule has 1 N–H and O–H groups in total. The molecule has 1 atom stereocenters. The molecule has 2 nitrogen and oxygen atoms in total. The van der Waals surface area contributed by atoms with Crippen LogP contribution >= 0.6 is 0 Å². The van der Waals surface area contributed by atoms with Crippen LogP contribution in [0.1, 0.15) is 24.4 Å². The molecule has 0 spiro atoms. The zero-order valence-corrected chi connectivity index (χ0v) is 8.25. The zero-order chi connectivity index (χ0) is 10.7. The highest BCUT2D eigenvalue weighted by Gasteiger charge is 2.16. The van der Waals surface area contributed by atoms with Crippen molar-refractivity contribution in [1.82, 2.24) is 5.32 Å². The first-order valence-corrected chi connectivity index (χ1v) is 5.04. The van der Waals surface area contributed by atoms with Crippen molar-refractivity contribution in [3.05, 3.63) is 29.8 Å². The largest absolute Gasteiger partial charge is 0.435 e. The lowest BCUT2D eigenvalue weighted by molar-refractivity contribution is -0.0499. The van der Waals surface area contributed by atoms with Crippen molar-refractivity contribution in [1.29, 1.82) is 0 Å². The molecule has 0 unspecified atom stereocenters. The summed E-state index contributed by atoms with van der Waals surface area (Å²) in [5, 5.41) is 3.31. The van der Waals surface area contributed by atoms with Gasteiger partial charge in [-0.25, -0.2) is 0 Å². The van der Waals surface area contributed by atoms with Gasteiger partial charge in [0.25, 0.3) is 0 Å². The van der Waals surface area contributed by atoms with E-state index in [4.69, 9.17) is 0 Å². The van der Waals surface area contributed by atoms with E-state index in [1.165, 1.54) is 0 Å². The average Bonchev–Trinajstić information content (AvgIpc) is 2.69. The van der Waals surface area contributed by atoms with Gasteiger partial charge in [-0.3, -0.25) is 0 Å². The fourth-order valence-electron chi connectivity index (χ4n) is 1.88. The van der Waals surface area contributed by atoms with Crippen LogP contribution in [0.3, 0.4) is 0 Å². The number of ether oxygens (including phenoxy) is 1. The van der Waals surface area contributed by atoms with Gasteiger partial charge in [0.1, 0.15) is 5.75 Å². The van der Waals surface area contributed by atoms with E-state index in [0.717, 1.165) is 24.9 Å². The van der Waals surface area contributed by atoms with Crippen molar-refractivity contribution in [2.24, 2.45) is 0 Å². The smallest absolute Gasteiger partial charge is 0.387 e. The first kappa shape index (κ1) is 10.4. The van der Waals surface area contributed by atoms with Crippen molar-refractivity contribution < 1.29 is 13.5 Å². The van der Waals surface area contributed by atoms with Crippen LogP contribution in [-0.4, -0.2) is 13.2 Å². The van der Waals surface area contributed by atoms with Crippen molar-refractivity contribution >= 4 is 0 Å². The average molecular weight is 213 g/mol. The Labute approximate surface area is 87.2 Å². The molecular weight excluding hydrogens is 200 g/mol. The molecule has 1 aromatic rings. The lowest BCUT2D eigenvalue weighted by atomic mass is 10.1. The van der Waals surface area contributed by atoms with E-state index in [2.05, 4.69) is 10.1 Å². The van der Waals surface area contributed by atoms with Crippen LogP contribution in [0.4, 0.5) is 8.78 Å². The summed E-state index contributed by atoms with van der Waals surface area (Å²) in [4.78, 5) is 0. The van der Waals surface area contributed by atoms with Gasteiger partial charge in [0, 0.05) is 6.04 Å². The molecule has 1 aliphatic rings. The third-order valence-corrected chi connectivity index (χ3v) is 2.55. The minimum atomic E-state index is -2.75. The number of rotatable bonds is 3. The minimum Gasteiger partial charge on any atom is -0.435 e. The van der Waals surface area contributed by atoms with Gasteiger partial charge in [-0.1, -0.05) is 12.1 Å². The van der Waals surface area contributed by atoms with Gasteiger partial charge in [-0.2, -0.15) is 8.78 Å². The van der Waals surface area contributed by atoms with E-state index in [1.54, 1.807) is 18.2 Å². The maximum Gasteiger partial charge on any atom is 0.387 e. The van der Waals surface area contributed by atoms with Gasteiger partial charge in [-0.15, -0.1) is 0 Å². The second-order valence-corrected chi connectivity index (χ2v) is 3.60. The highest BCUT2D eigenvalue weighted by molar-refractivity contribution is 5.31. The van der Waals surface area contributed by atoms with Gasteiger partial charge >= 0.3 is 6.61 Å². The Balaban J connectivity index is 2.11. The molecule has 1 aliphatic heterocycles. The van der Waals surface area contributed by atoms with Crippen molar-refractivity contribution in [3.63, 3.8) is 0 Å². The second kappa shape index (κ2) is 4.57. The number of halogens is 2. The molecule has 0 amide bonds. The molecule has 0 aliphatic carbocycles. The van der Waals surface area contributed by atoms with E-state index in [-0.39, 0.29) is 11.8 Å². The fourth-order valence-corrected chi connectivity index (χ4v) is 1.88. The highest BCUT2D eigenvalue weighted by atomic mass is 19.3. The summed E-state index contributed by atoms with van der Waals surface area (Å²) >= 11 is 0. The standard InChI is InChI=1S/C11H13F2NO/c12-11(13)15-9-4-1-3-8(7-9)10-5-2-6-14-10/h1,3-4,7,10-11,14H,2,5-6H2/t10-/m0/s1. The quantitative estimate of drug-likeness (QED) is 0.833. The van der Waals surface area contributed by atoms with E-state index >= 15 is 0 Å². The molecule has 1 aromatic carbocycles. The molecule has 1 fully saturated rings. The second-order valence-electron chi connectivity index (χ2n) is 3.60. The molecule has 1 heterocycles. The van der Waals surface area contributed by atoms with Gasteiger partial charge in [0.15, 0.2) is 0 Å². The summed E-state index contributed by atoms with van der Waals surface area (Å²) in [6.07, 6.45) is 2.18. The Bertz CT molecular complexity index is 324. The summed E-state index contributed by atoms with van der Waals surface area (Å²) in [5.41, 5.74) is 1.02. The van der Waals surface area contributed by atoms with E-state index in [0.29, 0.717) is 0 Å².